The van der Waals surface area contributed by atoms with Crippen LogP contribution in [0.3, 0.4) is 0 Å². The number of halogens is 1. The Balaban J connectivity index is 2.23. The third-order valence-corrected chi connectivity index (χ3v) is 2.90. The van der Waals surface area contributed by atoms with Crippen LogP contribution in [0.4, 0.5) is 15.8 Å². The Hall–Kier alpha value is -2.03. The van der Waals surface area contributed by atoms with Gasteiger partial charge >= 0.3 is 0 Å². The summed E-state index contributed by atoms with van der Waals surface area (Å²) < 4.78 is 13.7. The van der Waals surface area contributed by atoms with Crippen LogP contribution in [0.25, 0.3) is 0 Å². The largest absolute Gasteiger partial charge is 0.399 e. The molecular weight excluding hydrogens is 227 g/mol. The van der Waals surface area contributed by atoms with E-state index in [1.807, 2.05) is 42.2 Å². The van der Waals surface area contributed by atoms with Gasteiger partial charge in [0, 0.05) is 18.8 Å². The van der Waals surface area contributed by atoms with E-state index in [2.05, 4.69) is 0 Å². The molecule has 0 heterocycles. The lowest BCUT2D eigenvalue weighted by Crippen LogP contribution is -2.23. The van der Waals surface area contributed by atoms with Gasteiger partial charge in [-0.15, -0.1) is 0 Å². The Labute approximate surface area is 107 Å². The third-order valence-electron chi connectivity index (χ3n) is 2.90. The highest BCUT2D eigenvalue weighted by Gasteiger charge is 2.09. The van der Waals surface area contributed by atoms with Gasteiger partial charge in [0.1, 0.15) is 5.82 Å². The van der Waals surface area contributed by atoms with Gasteiger partial charge in [-0.05, 0) is 36.8 Å². The molecule has 0 aliphatic carbocycles. The molecule has 94 valence electrons. The zero-order valence-corrected chi connectivity index (χ0v) is 10.4. The van der Waals surface area contributed by atoms with E-state index < -0.39 is 0 Å². The summed E-state index contributed by atoms with van der Waals surface area (Å²) in [6.07, 6.45) is 0. The van der Waals surface area contributed by atoms with Crippen molar-refractivity contribution in [1.29, 1.82) is 0 Å². The zero-order chi connectivity index (χ0) is 13.0. The van der Waals surface area contributed by atoms with E-state index in [1.54, 1.807) is 12.1 Å². The molecule has 0 saturated carbocycles. The molecule has 0 aliphatic rings. The van der Waals surface area contributed by atoms with Crippen molar-refractivity contribution in [3.63, 3.8) is 0 Å². The van der Waals surface area contributed by atoms with Crippen molar-refractivity contribution in [1.82, 2.24) is 0 Å². The molecule has 0 atom stereocenters. The summed E-state index contributed by atoms with van der Waals surface area (Å²) in [4.78, 5) is 1.99. The average molecular weight is 244 g/mol. The second-order valence-corrected chi connectivity index (χ2v) is 4.21. The molecule has 2 N–H and O–H groups in total. The molecule has 0 radical (unpaired) electrons. The maximum Gasteiger partial charge on any atom is 0.146 e. The molecule has 0 fully saturated rings. The van der Waals surface area contributed by atoms with E-state index in [-0.39, 0.29) is 5.82 Å². The standard InChI is InChI=1S/C15H17FN2/c1-2-18(15-9-4-3-8-14(15)16)11-12-6-5-7-13(17)10-12/h3-10H,2,11,17H2,1H3. The molecule has 0 aromatic heterocycles. The summed E-state index contributed by atoms with van der Waals surface area (Å²) >= 11 is 0. The molecule has 2 aromatic carbocycles. The fourth-order valence-corrected chi connectivity index (χ4v) is 1.99. The number of hydrogen-bond donors (Lipinski definition) is 1. The van der Waals surface area contributed by atoms with Crippen molar-refractivity contribution >= 4 is 11.4 Å². The number of benzene rings is 2. The first-order valence-corrected chi connectivity index (χ1v) is 6.04. The topological polar surface area (TPSA) is 29.3 Å². The van der Waals surface area contributed by atoms with E-state index in [1.165, 1.54) is 6.07 Å². The monoisotopic (exact) mass is 244 g/mol. The fraction of sp³-hybridized carbons (Fsp3) is 0.200. The van der Waals surface area contributed by atoms with Crippen LogP contribution in [0, 0.1) is 5.82 Å². The smallest absolute Gasteiger partial charge is 0.146 e. The molecule has 18 heavy (non-hydrogen) atoms. The Morgan fingerprint density at radius 1 is 1.11 bits per heavy atom. The van der Waals surface area contributed by atoms with Crippen LogP contribution in [0.1, 0.15) is 12.5 Å². The molecule has 2 nitrogen and oxygen atoms in total. The predicted octanol–water partition coefficient (Wildman–Crippen LogP) is 3.43. The van der Waals surface area contributed by atoms with E-state index in [4.69, 9.17) is 5.73 Å². The van der Waals surface area contributed by atoms with E-state index in [9.17, 15) is 4.39 Å². The number of nitrogen functional groups attached to an aromatic ring is 1. The molecule has 0 saturated heterocycles. The normalized spacial score (nSPS) is 10.3. The molecule has 3 heteroatoms. The number of nitrogens with zero attached hydrogens (tertiary/aromatic N) is 1. The molecule has 0 amide bonds. The highest BCUT2D eigenvalue weighted by atomic mass is 19.1. The van der Waals surface area contributed by atoms with Gasteiger partial charge in [-0.3, -0.25) is 0 Å². The third kappa shape index (κ3) is 2.80. The average Bonchev–Trinajstić information content (AvgIpc) is 2.37. The first kappa shape index (κ1) is 12.4. The lowest BCUT2D eigenvalue weighted by Gasteiger charge is -2.23. The Kier molecular flexibility index (Phi) is 3.82. The van der Waals surface area contributed by atoms with Crippen LogP contribution in [-0.4, -0.2) is 6.54 Å². The number of anilines is 2. The van der Waals surface area contributed by atoms with Crippen LogP contribution in [0.5, 0.6) is 0 Å². The summed E-state index contributed by atoms with van der Waals surface area (Å²) in [6, 6.07) is 14.5. The van der Waals surface area contributed by atoms with Gasteiger partial charge in [0.25, 0.3) is 0 Å². The summed E-state index contributed by atoms with van der Waals surface area (Å²) in [6.45, 7) is 3.41. The van der Waals surface area contributed by atoms with Crippen molar-refractivity contribution in [2.24, 2.45) is 0 Å². The number of para-hydroxylation sites is 1. The van der Waals surface area contributed by atoms with Gasteiger partial charge in [-0.1, -0.05) is 24.3 Å². The minimum atomic E-state index is -0.191. The molecule has 0 aliphatic heterocycles. The van der Waals surface area contributed by atoms with E-state index in [0.717, 1.165) is 17.8 Å². The summed E-state index contributed by atoms with van der Waals surface area (Å²) in [5, 5.41) is 0. The van der Waals surface area contributed by atoms with Crippen molar-refractivity contribution in [3.05, 3.63) is 59.9 Å². The van der Waals surface area contributed by atoms with Gasteiger partial charge in [-0.2, -0.15) is 0 Å². The van der Waals surface area contributed by atoms with E-state index in [0.29, 0.717) is 12.2 Å². The molecule has 0 unspecified atom stereocenters. The van der Waals surface area contributed by atoms with Gasteiger partial charge < -0.3 is 10.6 Å². The van der Waals surface area contributed by atoms with Gasteiger partial charge in [0.15, 0.2) is 0 Å². The quantitative estimate of drug-likeness (QED) is 0.835. The molecular formula is C15H17FN2. The Morgan fingerprint density at radius 3 is 2.56 bits per heavy atom. The second kappa shape index (κ2) is 5.54. The van der Waals surface area contributed by atoms with Crippen molar-refractivity contribution in [2.45, 2.75) is 13.5 Å². The van der Waals surface area contributed by atoms with Crippen molar-refractivity contribution in [2.75, 3.05) is 17.2 Å². The summed E-state index contributed by atoms with van der Waals surface area (Å²) in [5.74, 6) is -0.191. The number of rotatable bonds is 4. The summed E-state index contributed by atoms with van der Waals surface area (Å²) in [7, 11) is 0. The van der Waals surface area contributed by atoms with Crippen LogP contribution in [-0.2, 0) is 6.54 Å². The Morgan fingerprint density at radius 2 is 1.89 bits per heavy atom. The lowest BCUT2D eigenvalue weighted by molar-refractivity contribution is 0.618. The van der Waals surface area contributed by atoms with Gasteiger partial charge in [-0.25, -0.2) is 4.39 Å². The fourth-order valence-electron chi connectivity index (χ4n) is 1.99. The SMILES string of the molecule is CCN(Cc1cccc(N)c1)c1ccccc1F. The molecule has 2 aromatic rings. The zero-order valence-electron chi connectivity index (χ0n) is 10.4. The second-order valence-electron chi connectivity index (χ2n) is 4.21. The summed E-state index contributed by atoms with van der Waals surface area (Å²) in [5.41, 5.74) is 8.20. The Bertz CT molecular complexity index is 525. The maximum absolute atomic E-state index is 13.7. The highest BCUT2D eigenvalue weighted by Crippen LogP contribution is 2.21. The minimum absolute atomic E-state index is 0.191. The molecule has 0 spiro atoms. The van der Waals surface area contributed by atoms with Crippen LogP contribution in [0.15, 0.2) is 48.5 Å². The molecule has 2 rings (SSSR count). The molecule has 0 bridgehead atoms. The number of nitrogens with two attached hydrogens (primary N) is 1. The van der Waals surface area contributed by atoms with Crippen molar-refractivity contribution < 1.29 is 4.39 Å². The number of hydrogen-bond acceptors (Lipinski definition) is 2. The van der Waals surface area contributed by atoms with Crippen LogP contribution >= 0.6 is 0 Å². The predicted molar refractivity (Wildman–Crippen MR) is 74.0 cm³/mol. The first-order valence-electron chi connectivity index (χ1n) is 6.04. The van der Waals surface area contributed by atoms with Crippen LogP contribution < -0.4 is 10.6 Å². The van der Waals surface area contributed by atoms with Gasteiger partial charge in [0.05, 0.1) is 5.69 Å². The van der Waals surface area contributed by atoms with Crippen LogP contribution in [0.2, 0.25) is 0 Å². The lowest BCUT2D eigenvalue weighted by atomic mass is 10.1. The van der Waals surface area contributed by atoms with Crippen molar-refractivity contribution in [3.8, 4) is 0 Å². The minimum Gasteiger partial charge on any atom is -0.399 e. The maximum atomic E-state index is 13.7. The first-order chi connectivity index (χ1) is 8.70. The van der Waals surface area contributed by atoms with Gasteiger partial charge in [0.2, 0.25) is 0 Å². The highest BCUT2D eigenvalue weighted by molar-refractivity contribution is 5.49. The van der Waals surface area contributed by atoms with E-state index >= 15 is 0 Å².